The number of hydrogen-bond acceptors (Lipinski definition) is 4. The van der Waals surface area contributed by atoms with E-state index in [1.807, 2.05) is 43.3 Å². The lowest BCUT2D eigenvalue weighted by Crippen LogP contribution is -2.51. The van der Waals surface area contributed by atoms with Gasteiger partial charge in [-0.25, -0.2) is 9.48 Å². The normalized spacial score (nSPS) is 17.4. The highest BCUT2D eigenvalue weighted by atomic mass is 16.4. The summed E-state index contributed by atoms with van der Waals surface area (Å²) in [6, 6.07) is 14.2. The third-order valence-corrected chi connectivity index (χ3v) is 5.39. The number of aliphatic hydroxyl groups excluding tert-OH is 1. The molecule has 144 valence electrons. The van der Waals surface area contributed by atoms with Crippen LogP contribution >= 0.6 is 0 Å². The van der Waals surface area contributed by atoms with E-state index in [0.29, 0.717) is 17.5 Å². The molecule has 7 heteroatoms. The van der Waals surface area contributed by atoms with Gasteiger partial charge in [0, 0.05) is 11.9 Å². The van der Waals surface area contributed by atoms with Crippen LogP contribution in [0.1, 0.15) is 16.8 Å². The van der Waals surface area contributed by atoms with Gasteiger partial charge in [0.15, 0.2) is 0 Å². The number of carbonyl (C=O) groups is 1. The summed E-state index contributed by atoms with van der Waals surface area (Å²) in [5.74, 6) is 0. The third-order valence-electron chi connectivity index (χ3n) is 5.39. The van der Waals surface area contributed by atoms with Crippen LogP contribution in [0.4, 0.5) is 4.79 Å². The summed E-state index contributed by atoms with van der Waals surface area (Å²) in [6.07, 6.45) is -1.76. The van der Waals surface area contributed by atoms with Crippen LogP contribution in [0, 0.1) is 6.92 Å². The lowest BCUT2D eigenvalue weighted by atomic mass is 9.91. The van der Waals surface area contributed by atoms with Crippen molar-refractivity contribution in [1.29, 1.82) is 0 Å². The molecule has 1 aromatic heterocycles. The fourth-order valence-corrected chi connectivity index (χ4v) is 3.93. The van der Waals surface area contributed by atoms with Crippen molar-refractivity contribution in [1.82, 2.24) is 14.7 Å². The minimum absolute atomic E-state index is 0.0683. The second kappa shape index (κ2) is 7.09. The van der Waals surface area contributed by atoms with Gasteiger partial charge < -0.3 is 10.2 Å². The van der Waals surface area contributed by atoms with Gasteiger partial charge in [-0.05, 0) is 30.5 Å². The molecule has 0 aliphatic carbocycles. The highest BCUT2D eigenvalue weighted by Gasteiger charge is 2.34. The molecule has 0 unspecified atom stereocenters. The topological polar surface area (TPSA) is 95.7 Å². The molecule has 1 aliphatic heterocycles. The number of carboxylic acid groups (broad SMARTS) is 1. The van der Waals surface area contributed by atoms with Gasteiger partial charge in [-0.15, -0.1) is 0 Å². The maximum Gasteiger partial charge on any atom is 0.407 e. The molecule has 28 heavy (non-hydrogen) atoms. The number of aryl methyl sites for hydroxylation is 1. The van der Waals surface area contributed by atoms with Crippen LogP contribution in [-0.4, -0.2) is 43.1 Å². The molecule has 0 radical (unpaired) electrons. The molecule has 2 heterocycles. The van der Waals surface area contributed by atoms with E-state index < -0.39 is 18.2 Å². The largest absolute Gasteiger partial charge is 0.465 e. The van der Waals surface area contributed by atoms with Gasteiger partial charge >= 0.3 is 6.09 Å². The summed E-state index contributed by atoms with van der Waals surface area (Å²) >= 11 is 0. The number of aliphatic hydroxyl groups is 1. The highest BCUT2D eigenvalue weighted by molar-refractivity contribution is 5.83. The lowest BCUT2D eigenvalue weighted by molar-refractivity contribution is 0.0274. The average Bonchev–Trinajstić information content (AvgIpc) is 2.70. The second-order valence-electron chi connectivity index (χ2n) is 7.14. The Morgan fingerprint density at radius 1 is 1.14 bits per heavy atom. The van der Waals surface area contributed by atoms with E-state index in [1.54, 1.807) is 12.1 Å². The minimum Gasteiger partial charge on any atom is -0.465 e. The standard InChI is InChI=1S/C21H21N3O4/c1-13-16-8-4-5-9-17(16)20(26)24(22-13)12-19(25)18-10-14-6-2-3-7-15(14)11-23(18)21(27)28/h2-9,18-19,25H,10-12H2,1H3,(H,27,28)/t18-,19+/m0/s1. The summed E-state index contributed by atoms with van der Waals surface area (Å²) in [5.41, 5.74) is 2.34. The van der Waals surface area contributed by atoms with E-state index in [9.17, 15) is 19.8 Å². The van der Waals surface area contributed by atoms with Gasteiger partial charge in [0.25, 0.3) is 5.56 Å². The van der Waals surface area contributed by atoms with Gasteiger partial charge in [0.05, 0.1) is 29.8 Å². The summed E-state index contributed by atoms with van der Waals surface area (Å²) in [7, 11) is 0. The molecule has 1 aliphatic rings. The number of rotatable bonds is 3. The van der Waals surface area contributed by atoms with E-state index in [4.69, 9.17) is 0 Å². The number of hydrogen-bond donors (Lipinski definition) is 2. The first kappa shape index (κ1) is 18.2. The van der Waals surface area contributed by atoms with Crippen molar-refractivity contribution in [3.05, 3.63) is 75.7 Å². The first-order valence-corrected chi connectivity index (χ1v) is 9.16. The molecule has 2 N–H and O–H groups in total. The molecule has 7 nitrogen and oxygen atoms in total. The van der Waals surface area contributed by atoms with Crippen molar-refractivity contribution >= 4 is 16.9 Å². The van der Waals surface area contributed by atoms with Crippen LogP contribution in [0.5, 0.6) is 0 Å². The number of nitrogens with zero attached hydrogens (tertiary/aromatic N) is 3. The molecule has 0 saturated carbocycles. The predicted octanol–water partition coefficient (Wildman–Crippen LogP) is 2.17. The fraction of sp³-hybridized carbons (Fsp3) is 0.286. The summed E-state index contributed by atoms with van der Waals surface area (Å²) in [6.45, 7) is 1.96. The van der Waals surface area contributed by atoms with Crippen LogP contribution in [0.2, 0.25) is 0 Å². The van der Waals surface area contributed by atoms with Gasteiger partial charge in [-0.3, -0.25) is 9.69 Å². The van der Waals surface area contributed by atoms with Crippen LogP contribution in [0.3, 0.4) is 0 Å². The SMILES string of the molecule is Cc1nn(C[C@@H](O)[C@@H]2Cc3ccccc3CN2C(=O)O)c(=O)c2ccccc12. The Hall–Kier alpha value is -3.19. The highest BCUT2D eigenvalue weighted by Crippen LogP contribution is 2.25. The number of benzene rings is 2. The molecule has 3 aromatic rings. The quantitative estimate of drug-likeness (QED) is 0.727. The lowest BCUT2D eigenvalue weighted by Gasteiger charge is -2.37. The van der Waals surface area contributed by atoms with Gasteiger partial charge in [0.2, 0.25) is 0 Å². The zero-order valence-corrected chi connectivity index (χ0v) is 15.4. The van der Waals surface area contributed by atoms with E-state index in [2.05, 4.69) is 5.10 Å². The molecular formula is C21H21N3O4. The molecule has 2 atom stereocenters. The van der Waals surface area contributed by atoms with E-state index in [1.165, 1.54) is 9.58 Å². The molecule has 0 bridgehead atoms. The smallest absolute Gasteiger partial charge is 0.407 e. The van der Waals surface area contributed by atoms with Crippen molar-refractivity contribution in [3.8, 4) is 0 Å². The van der Waals surface area contributed by atoms with Gasteiger partial charge in [-0.2, -0.15) is 5.10 Å². The Labute approximate surface area is 161 Å². The first-order valence-electron chi connectivity index (χ1n) is 9.16. The monoisotopic (exact) mass is 379 g/mol. The van der Waals surface area contributed by atoms with Crippen LogP contribution in [0.15, 0.2) is 53.3 Å². The van der Waals surface area contributed by atoms with Crippen molar-refractivity contribution in [2.24, 2.45) is 0 Å². The molecule has 2 aromatic carbocycles. The maximum atomic E-state index is 12.8. The molecule has 1 amide bonds. The zero-order valence-electron chi connectivity index (χ0n) is 15.4. The van der Waals surface area contributed by atoms with Crippen LogP contribution < -0.4 is 5.56 Å². The summed E-state index contributed by atoms with van der Waals surface area (Å²) < 4.78 is 1.24. The molecule has 0 saturated heterocycles. The maximum absolute atomic E-state index is 12.8. The molecule has 4 rings (SSSR count). The van der Waals surface area contributed by atoms with Crippen molar-refractivity contribution in [2.45, 2.75) is 38.6 Å². The summed E-state index contributed by atoms with van der Waals surface area (Å²) in [5, 5.41) is 26.1. The second-order valence-corrected chi connectivity index (χ2v) is 7.14. The Morgan fingerprint density at radius 3 is 2.50 bits per heavy atom. The number of amides is 1. The zero-order chi connectivity index (χ0) is 19.8. The van der Waals surface area contributed by atoms with Crippen molar-refractivity contribution < 1.29 is 15.0 Å². The van der Waals surface area contributed by atoms with Gasteiger partial charge in [0.1, 0.15) is 0 Å². The van der Waals surface area contributed by atoms with Crippen molar-refractivity contribution in [2.75, 3.05) is 0 Å². The van der Waals surface area contributed by atoms with Crippen molar-refractivity contribution in [3.63, 3.8) is 0 Å². The predicted molar refractivity (Wildman–Crippen MR) is 104 cm³/mol. The Morgan fingerprint density at radius 2 is 1.79 bits per heavy atom. The first-order chi connectivity index (χ1) is 13.5. The molecule has 0 fully saturated rings. The van der Waals surface area contributed by atoms with Crippen LogP contribution in [-0.2, 0) is 19.5 Å². The fourth-order valence-electron chi connectivity index (χ4n) is 3.93. The van der Waals surface area contributed by atoms with Gasteiger partial charge in [-0.1, -0.05) is 42.5 Å². The molecular weight excluding hydrogens is 358 g/mol. The Balaban J connectivity index is 1.67. The molecule has 0 spiro atoms. The summed E-state index contributed by atoms with van der Waals surface area (Å²) in [4.78, 5) is 25.8. The van der Waals surface area contributed by atoms with Crippen LogP contribution in [0.25, 0.3) is 10.8 Å². The van der Waals surface area contributed by atoms with E-state index in [-0.39, 0.29) is 18.6 Å². The van der Waals surface area contributed by atoms with E-state index >= 15 is 0 Å². The Kier molecular flexibility index (Phi) is 4.60. The number of fused-ring (bicyclic) bond motifs is 2. The average molecular weight is 379 g/mol. The number of aromatic nitrogens is 2. The third kappa shape index (κ3) is 3.14. The minimum atomic E-state index is -1.09. The Bertz CT molecular complexity index is 1110. The van der Waals surface area contributed by atoms with E-state index in [0.717, 1.165) is 16.5 Å².